The third-order valence-corrected chi connectivity index (χ3v) is 3.55. The summed E-state index contributed by atoms with van der Waals surface area (Å²) in [6.07, 6.45) is 0. The van der Waals surface area contributed by atoms with Crippen LogP contribution in [0.3, 0.4) is 0 Å². The van der Waals surface area contributed by atoms with Gasteiger partial charge in [-0.05, 0) is 41.8 Å². The minimum atomic E-state index is 0.317. The maximum absolute atomic E-state index is 5.38. The number of nitrogens with one attached hydrogen (secondary N) is 1. The van der Waals surface area contributed by atoms with Gasteiger partial charge in [0.15, 0.2) is 11.5 Å². The van der Waals surface area contributed by atoms with Crippen LogP contribution in [0.2, 0.25) is 0 Å². The average Bonchev–Trinajstić information content (AvgIpc) is 2.95. The number of methoxy groups -OCH3 is 1. The number of benzene rings is 2. The maximum atomic E-state index is 5.38. The zero-order valence-electron chi connectivity index (χ0n) is 12.3. The van der Waals surface area contributed by atoms with Gasteiger partial charge in [0.25, 0.3) is 0 Å². The van der Waals surface area contributed by atoms with Gasteiger partial charge < -0.3 is 19.5 Å². The van der Waals surface area contributed by atoms with Gasteiger partial charge in [-0.25, -0.2) is 0 Å². The van der Waals surface area contributed by atoms with Crippen molar-refractivity contribution in [3.8, 4) is 17.2 Å². The minimum Gasteiger partial charge on any atom is -0.496 e. The van der Waals surface area contributed by atoms with E-state index in [0.29, 0.717) is 6.79 Å². The summed E-state index contributed by atoms with van der Waals surface area (Å²) in [4.78, 5) is 0. The Bertz CT molecular complexity index is 640. The van der Waals surface area contributed by atoms with Crippen LogP contribution in [-0.4, -0.2) is 13.9 Å². The molecule has 1 N–H and O–H groups in total. The van der Waals surface area contributed by atoms with Crippen molar-refractivity contribution in [1.82, 2.24) is 5.32 Å². The molecule has 0 saturated carbocycles. The monoisotopic (exact) mass is 285 g/mol. The molecule has 0 aromatic heterocycles. The highest BCUT2D eigenvalue weighted by atomic mass is 16.7. The Labute approximate surface area is 124 Å². The highest BCUT2D eigenvalue weighted by Crippen LogP contribution is 2.32. The number of rotatable bonds is 5. The van der Waals surface area contributed by atoms with E-state index < -0.39 is 0 Å². The van der Waals surface area contributed by atoms with Crippen LogP contribution in [0.15, 0.2) is 36.4 Å². The molecule has 2 aromatic rings. The lowest BCUT2D eigenvalue weighted by Gasteiger charge is -2.09. The van der Waals surface area contributed by atoms with E-state index in [4.69, 9.17) is 14.2 Å². The summed E-state index contributed by atoms with van der Waals surface area (Å²) < 4.78 is 16.0. The Kier molecular flexibility index (Phi) is 3.97. The molecular weight excluding hydrogens is 266 g/mol. The fourth-order valence-corrected chi connectivity index (χ4v) is 2.45. The summed E-state index contributed by atoms with van der Waals surface area (Å²) in [5, 5.41) is 3.44. The van der Waals surface area contributed by atoms with Gasteiger partial charge in [-0.2, -0.15) is 0 Å². The van der Waals surface area contributed by atoms with E-state index in [1.165, 1.54) is 11.1 Å². The number of hydrogen-bond acceptors (Lipinski definition) is 4. The van der Waals surface area contributed by atoms with Crippen molar-refractivity contribution in [1.29, 1.82) is 0 Å². The molecule has 0 amide bonds. The molecule has 4 nitrogen and oxygen atoms in total. The van der Waals surface area contributed by atoms with Crippen LogP contribution in [0, 0.1) is 6.92 Å². The van der Waals surface area contributed by atoms with Crippen LogP contribution in [-0.2, 0) is 13.1 Å². The molecule has 0 aliphatic carbocycles. The van der Waals surface area contributed by atoms with Gasteiger partial charge in [-0.15, -0.1) is 0 Å². The number of ether oxygens (including phenoxy) is 3. The van der Waals surface area contributed by atoms with Gasteiger partial charge in [-0.3, -0.25) is 0 Å². The zero-order chi connectivity index (χ0) is 14.7. The molecule has 0 radical (unpaired) electrons. The van der Waals surface area contributed by atoms with E-state index in [1.54, 1.807) is 7.11 Å². The Morgan fingerprint density at radius 2 is 1.71 bits per heavy atom. The van der Waals surface area contributed by atoms with Gasteiger partial charge in [0.2, 0.25) is 6.79 Å². The van der Waals surface area contributed by atoms with Gasteiger partial charge in [0.05, 0.1) is 7.11 Å². The van der Waals surface area contributed by atoms with E-state index in [0.717, 1.165) is 35.9 Å². The molecule has 1 aliphatic rings. The second kappa shape index (κ2) is 6.06. The topological polar surface area (TPSA) is 39.7 Å². The molecule has 0 unspecified atom stereocenters. The highest BCUT2D eigenvalue weighted by molar-refractivity contribution is 5.44. The van der Waals surface area contributed by atoms with Crippen molar-refractivity contribution in [3.05, 3.63) is 53.1 Å². The number of fused-ring (bicyclic) bond motifs is 1. The quantitative estimate of drug-likeness (QED) is 0.916. The van der Waals surface area contributed by atoms with Crippen molar-refractivity contribution in [2.45, 2.75) is 20.0 Å². The third kappa shape index (κ3) is 3.11. The molecule has 2 aromatic carbocycles. The lowest BCUT2D eigenvalue weighted by molar-refractivity contribution is 0.174. The molecule has 0 spiro atoms. The maximum Gasteiger partial charge on any atom is 0.231 e. The summed E-state index contributed by atoms with van der Waals surface area (Å²) in [6, 6.07) is 12.3. The summed E-state index contributed by atoms with van der Waals surface area (Å²) in [7, 11) is 1.69. The summed E-state index contributed by atoms with van der Waals surface area (Å²) in [5.74, 6) is 2.58. The van der Waals surface area contributed by atoms with Crippen molar-refractivity contribution >= 4 is 0 Å². The lowest BCUT2D eigenvalue weighted by atomic mass is 10.1. The van der Waals surface area contributed by atoms with E-state index in [9.17, 15) is 0 Å². The Balaban J connectivity index is 1.57. The molecule has 1 aliphatic heterocycles. The Morgan fingerprint density at radius 1 is 1.00 bits per heavy atom. The summed E-state index contributed by atoms with van der Waals surface area (Å²) in [5.41, 5.74) is 3.58. The van der Waals surface area contributed by atoms with Crippen LogP contribution >= 0.6 is 0 Å². The number of hydrogen-bond donors (Lipinski definition) is 1. The molecule has 0 fully saturated rings. The molecule has 0 atom stereocenters. The second-order valence-electron chi connectivity index (χ2n) is 5.10. The normalized spacial score (nSPS) is 12.5. The van der Waals surface area contributed by atoms with Crippen LogP contribution in [0.25, 0.3) is 0 Å². The van der Waals surface area contributed by atoms with E-state index >= 15 is 0 Å². The summed E-state index contributed by atoms with van der Waals surface area (Å²) in [6.45, 7) is 3.98. The first-order chi connectivity index (χ1) is 10.3. The van der Waals surface area contributed by atoms with Crippen molar-refractivity contribution in [2.24, 2.45) is 0 Å². The van der Waals surface area contributed by atoms with Gasteiger partial charge in [0.1, 0.15) is 5.75 Å². The first kappa shape index (κ1) is 13.8. The fraction of sp³-hybridized carbons (Fsp3) is 0.294. The molecule has 1 heterocycles. The largest absolute Gasteiger partial charge is 0.496 e. The van der Waals surface area contributed by atoms with Crippen LogP contribution < -0.4 is 19.5 Å². The van der Waals surface area contributed by atoms with E-state index in [1.807, 2.05) is 18.2 Å². The standard InChI is InChI=1S/C17H19NO3/c1-12-7-13(3-5-15(12)19-2)9-18-10-14-4-6-16-17(8-14)21-11-20-16/h3-8,18H,9-11H2,1-2H3. The van der Waals surface area contributed by atoms with Crippen LogP contribution in [0.4, 0.5) is 0 Å². The van der Waals surface area contributed by atoms with Gasteiger partial charge in [0, 0.05) is 13.1 Å². The highest BCUT2D eigenvalue weighted by Gasteiger charge is 2.12. The molecule has 0 saturated heterocycles. The molecule has 4 heteroatoms. The summed E-state index contributed by atoms with van der Waals surface area (Å²) >= 11 is 0. The van der Waals surface area contributed by atoms with E-state index in [2.05, 4.69) is 30.4 Å². The van der Waals surface area contributed by atoms with Gasteiger partial charge >= 0.3 is 0 Å². The van der Waals surface area contributed by atoms with Crippen molar-refractivity contribution < 1.29 is 14.2 Å². The Morgan fingerprint density at radius 3 is 2.48 bits per heavy atom. The fourth-order valence-electron chi connectivity index (χ4n) is 2.45. The molecule has 3 rings (SSSR count). The zero-order valence-corrected chi connectivity index (χ0v) is 12.3. The molecule has 21 heavy (non-hydrogen) atoms. The van der Waals surface area contributed by atoms with Crippen LogP contribution in [0.1, 0.15) is 16.7 Å². The first-order valence-corrected chi connectivity index (χ1v) is 6.99. The van der Waals surface area contributed by atoms with Crippen molar-refractivity contribution in [3.63, 3.8) is 0 Å². The smallest absolute Gasteiger partial charge is 0.231 e. The van der Waals surface area contributed by atoms with Crippen LogP contribution in [0.5, 0.6) is 17.2 Å². The first-order valence-electron chi connectivity index (χ1n) is 6.99. The molecule has 110 valence electrons. The van der Waals surface area contributed by atoms with E-state index in [-0.39, 0.29) is 0 Å². The number of aryl methyl sites for hydroxylation is 1. The minimum absolute atomic E-state index is 0.317. The van der Waals surface area contributed by atoms with Crippen molar-refractivity contribution in [2.75, 3.05) is 13.9 Å². The third-order valence-electron chi connectivity index (χ3n) is 3.55. The molecule has 0 bridgehead atoms. The predicted molar refractivity (Wildman–Crippen MR) is 80.8 cm³/mol. The van der Waals surface area contributed by atoms with Gasteiger partial charge in [-0.1, -0.05) is 18.2 Å². The second-order valence-corrected chi connectivity index (χ2v) is 5.10. The molecular formula is C17H19NO3. The predicted octanol–water partition coefficient (Wildman–Crippen LogP) is 3.02. The Hall–Kier alpha value is -2.20. The average molecular weight is 285 g/mol. The SMILES string of the molecule is COc1ccc(CNCc2ccc3c(c2)OCO3)cc1C. The lowest BCUT2D eigenvalue weighted by Crippen LogP contribution is -2.12.